The first kappa shape index (κ1) is 11.2. The van der Waals surface area contributed by atoms with Gasteiger partial charge in [0.05, 0.1) is 6.34 Å². The van der Waals surface area contributed by atoms with Crippen LogP contribution in [0.25, 0.3) is 0 Å². The maximum atomic E-state index is 4.07. The number of hydrogen-bond donors (Lipinski definition) is 1. The molecule has 0 saturated carbocycles. The number of aliphatic imine (C=N–C) groups is 1. The van der Waals surface area contributed by atoms with Crippen molar-refractivity contribution in [2.75, 3.05) is 27.2 Å². The summed E-state index contributed by atoms with van der Waals surface area (Å²) in [6.45, 7) is 4.06. The Morgan fingerprint density at radius 1 is 1.50 bits per heavy atom. The van der Waals surface area contributed by atoms with Crippen molar-refractivity contribution in [2.45, 2.75) is 13.3 Å². The molecule has 0 aliphatic carbocycles. The Morgan fingerprint density at radius 3 is 2.83 bits per heavy atom. The van der Waals surface area contributed by atoms with Crippen molar-refractivity contribution in [2.24, 2.45) is 4.99 Å². The van der Waals surface area contributed by atoms with Crippen molar-refractivity contribution in [1.29, 1.82) is 0 Å². The van der Waals surface area contributed by atoms with Gasteiger partial charge in [-0.2, -0.15) is 0 Å². The average molecular weight is 169 g/mol. The highest BCUT2D eigenvalue weighted by Crippen LogP contribution is 1.82. The monoisotopic (exact) mass is 169 g/mol. The third-order valence-corrected chi connectivity index (χ3v) is 1.44. The standard InChI is InChI=1S/C9H19N3/c1-4-6-11-9-12(3)8-5-7-10-2/h4,6,9-10H,5,7-8H2,1-3H3/b6-4+,11-9?. The highest BCUT2D eigenvalue weighted by atomic mass is 15.1. The van der Waals surface area contributed by atoms with E-state index in [1.807, 2.05) is 33.4 Å². The Kier molecular flexibility index (Phi) is 7.70. The molecule has 0 radical (unpaired) electrons. The summed E-state index contributed by atoms with van der Waals surface area (Å²) in [6, 6.07) is 0. The van der Waals surface area contributed by atoms with E-state index in [1.165, 1.54) is 0 Å². The fourth-order valence-corrected chi connectivity index (χ4v) is 0.801. The van der Waals surface area contributed by atoms with Gasteiger partial charge in [0.25, 0.3) is 0 Å². The van der Waals surface area contributed by atoms with Crippen LogP contribution in [0.4, 0.5) is 0 Å². The molecule has 12 heavy (non-hydrogen) atoms. The predicted octanol–water partition coefficient (Wildman–Crippen LogP) is 1.09. The van der Waals surface area contributed by atoms with Crippen molar-refractivity contribution in [3.63, 3.8) is 0 Å². The van der Waals surface area contributed by atoms with E-state index in [-0.39, 0.29) is 0 Å². The molecule has 0 amide bonds. The first-order chi connectivity index (χ1) is 5.81. The molecule has 70 valence electrons. The third-order valence-electron chi connectivity index (χ3n) is 1.44. The van der Waals surface area contributed by atoms with Crippen LogP contribution in [-0.2, 0) is 0 Å². The van der Waals surface area contributed by atoms with Crippen LogP contribution in [0, 0.1) is 0 Å². The first-order valence-electron chi connectivity index (χ1n) is 4.30. The van der Waals surface area contributed by atoms with Crippen LogP contribution in [0.3, 0.4) is 0 Å². The molecule has 1 N–H and O–H groups in total. The molecule has 0 bridgehead atoms. The maximum absolute atomic E-state index is 4.07. The topological polar surface area (TPSA) is 27.6 Å². The summed E-state index contributed by atoms with van der Waals surface area (Å²) < 4.78 is 0. The minimum atomic E-state index is 1.04. The molecule has 3 heteroatoms. The van der Waals surface area contributed by atoms with Crippen molar-refractivity contribution in [3.05, 3.63) is 12.3 Å². The van der Waals surface area contributed by atoms with Crippen LogP contribution in [0.2, 0.25) is 0 Å². The van der Waals surface area contributed by atoms with Crippen LogP contribution < -0.4 is 5.32 Å². The van der Waals surface area contributed by atoms with Gasteiger partial charge < -0.3 is 10.2 Å². The molecule has 0 atom stereocenters. The summed E-state index contributed by atoms with van der Waals surface area (Å²) in [5.74, 6) is 0. The van der Waals surface area contributed by atoms with Crippen molar-refractivity contribution < 1.29 is 0 Å². The Balaban J connectivity index is 3.38. The van der Waals surface area contributed by atoms with Crippen molar-refractivity contribution >= 4 is 6.34 Å². The largest absolute Gasteiger partial charge is 0.366 e. The zero-order valence-corrected chi connectivity index (χ0v) is 8.25. The van der Waals surface area contributed by atoms with E-state index >= 15 is 0 Å². The molecular weight excluding hydrogens is 150 g/mol. The van der Waals surface area contributed by atoms with E-state index in [1.54, 1.807) is 6.20 Å². The summed E-state index contributed by atoms with van der Waals surface area (Å²) >= 11 is 0. The van der Waals surface area contributed by atoms with Crippen LogP contribution >= 0.6 is 0 Å². The van der Waals surface area contributed by atoms with E-state index in [2.05, 4.69) is 15.2 Å². The summed E-state index contributed by atoms with van der Waals surface area (Å²) in [5.41, 5.74) is 0. The van der Waals surface area contributed by atoms with Gasteiger partial charge in [0, 0.05) is 19.8 Å². The number of hydrogen-bond acceptors (Lipinski definition) is 2. The second-order valence-corrected chi connectivity index (χ2v) is 2.68. The van der Waals surface area contributed by atoms with E-state index in [0.717, 1.165) is 19.5 Å². The average Bonchev–Trinajstić information content (AvgIpc) is 2.06. The number of rotatable bonds is 6. The summed E-state index contributed by atoms with van der Waals surface area (Å²) in [5, 5.41) is 3.11. The molecule has 0 unspecified atom stereocenters. The van der Waals surface area contributed by atoms with Gasteiger partial charge in [0.15, 0.2) is 0 Å². The third kappa shape index (κ3) is 7.28. The minimum Gasteiger partial charge on any atom is -0.366 e. The molecule has 0 fully saturated rings. The lowest BCUT2D eigenvalue weighted by molar-refractivity contribution is 0.494. The molecule has 0 aromatic rings. The molecule has 0 aromatic carbocycles. The van der Waals surface area contributed by atoms with Crippen LogP contribution in [0.1, 0.15) is 13.3 Å². The summed E-state index contributed by atoms with van der Waals surface area (Å²) in [6.07, 6.45) is 6.69. The Morgan fingerprint density at radius 2 is 2.25 bits per heavy atom. The molecular formula is C9H19N3. The van der Waals surface area contributed by atoms with E-state index in [9.17, 15) is 0 Å². The van der Waals surface area contributed by atoms with E-state index in [0.29, 0.717) is 0 Å². The van der Waals surface area contributed by atoms with Gasteiger partial charge in [-0.3, -0.25) is 0 Å². The molecule has 0 aliphatic heterocycles. The van der Waals surface area contributed by atoms with Gasteiger partial charge in [-0.25, -0.2) is 4.99 Å². The highest BCUT2D eigenvalue weighted by molar-refractivity contribution is 5.55. The van der Waals surface area contributed by atoms with Crippen molar-refractivity contribution in [3.8, 4) is 0 Å². The van der Waals surface area contributed by atoms with Gasteiger partial charge in [-0.1, -0.05) is 6.08 Å². The molecule has 3 nitrogen and oxygen atoms in total. The SMILES string of the molecule is C/C=C/N=CN(C)CCCNC. The first-order valence-corrected chi connectivity index (χ1v) is 4.30. The molecule has 0 aliphatic rings. The fraction of sp³-hybridized carbons (Fsp3) is 0.667. The zero-order chi connectivity index (χ0) is 9.23. The molecule has 0 rings (SSSR count). The Labute approximate surface area is 75.2 Å². The normalized spacial score (nSPS) is 11.6. The summed E-state index contributed by atoms with van der Waals surface area (Å²) in [4.78, 5) is 6.15. The van der Waals surface area contributed by atoms with Gasteiger partial charge in [-0.15, -0.1) is 0 Å². The van der Waals surface area contributed by atoms with Crippen molar-refractivity contribution in [1.82, 2.24) is 10.2 Å². The van der Waals surface area contributed by atoms with E-state index < -0.39 is 0 Å². The highest BCUT2D eigenvalue weighted by Gasteiger charge is 1.89. The van der Waals surface area contributed by atoms with Gasteiger partial charge in [0.1, 0.15) is 0 Å². The Bertz CT molecular complexity index is 141. The predicted molar refractivity (Wildman–Crippen MR) is 54.5 cm³/mol. The quantitative estimate of drug-likeness (QED) is 0.366. The molecule has 0 spiro atoms. The van der Waals surface area contributed by atoms with Crippen LogP contribution in [0.15, 0.2) is 17.3 Å². The van der Waals surface area contributed by atoms with Gasteiger partial charge in [-0.05, 0) is 26.9 Å². The van der Waals surface area contributed by atoms with Gasteiger partial charge >= 0.3 is 0 Å². The molecule has 0 saturated heterocycles. The van der Waals surface area contributed by atoms with Crippen LogP contribution in [0.5, 0.6) is 0 Å². The number of allylic oxidation sites excluding steroid dienone is 1. The number of nitrogens with one attached hydrogen (secondary N) is 1. The lowest BCUT2D eigenvalue weighted by Crippen LogP contribution is -2.21. The lowest BCUT2D eigenvalue weighted by atomic mass is 10.4. The number of nitrogens with zero attached hydrogens (tertiary/aromatic N) is 2. The fourth-order valence-electron chi connectivity index (χ4n) is 0.801. The Hall–Kier alpha value is -0.830. The summed E-state index contributed by atoms with van der Waals surface area (Å²) in [7, 11) is 4.00. The van der Waals surface area contributed by atoms with Crippen LogP contribution in [-0.4, -0.2) is 38.4 Å². The molecule has 0 heterocycles. The second kappa shape index (κ2) is 8.27. The minimum absolute atomic E-state index is 1.04. The lowest BCUT2D eigenvalue weighted by Gasteiger charge is -2.11. The second-order valence-electron chi connectivity index (χ2n) is 2.68. The maximum Gasteiger partial charge on any atom is 0.0902 e. The molecule has 0 aromatic heterocycles. The zero-order valence-electron chi connectivity index (χ0n) is 8.25. The van der Waals surface area contributed by atoms with Gasteiger partial charge in [0.2, 0.25) is 0 Å². The smallest absolute Gasteiger partial charge is 0.0902 e. The van der Waals surface area contributed by atoms with E-state index in [4.69, 9.17) is 0 Å².